The Kier molecular flexibility index (Phi) is 5.02. The average molecular weight is 390 g/mol. The lowest BCUT2D eigenvalue weighted by molar-refractivity contribution is 0.0501. The van der Waals surface area contributed by atoms with Crippen LogP contribution in [-0.4, -0.2) is 43.6 Å². The number of aryl methyl sites for hydroxylation is 1. The first kappa shape index (κ1) is 18.3. The zero-order chi connectivity index (χ0) is 19.6. The van der Waals surface area contributed by atoms with E-state index in [1.807, 2.05) is 6.20 Å². The Balaban J connectivity index is 1.35. The van der Waals surface area contributed by atoms with E-state index in [-0.39, 0.29) is 12.1 Å². The number of likely N-dealkylation sites (tertiary alicyclic amines) is 1. The first-order valence-corrected chi connectivity index (χ1v) is 10.4. The second kappa shape index (κ2) is 7.95. The molecule has 1 aliphatic heterocycles. The Morgan fingerprint density at radius 1 is 1.00 bits per heavy atom. The van der Waals surface area contributed by atoms with Crippen LogP contribution in [-0.2, 0) is 6.54 Å². The van der Waals surface area contributed by atoms with E-state index in [1.54, 1.807) is 18.6 Å². The van der Waals surface area contributed by atoms with Gasteiger partial charge in [-0.25, -0.2) is 9.97 Å². The maximum atomic E-state index is 6.37. The van der Waals surface area contributed by atoms with E-state index in [0.717, 1.165) is 38.3 Å². The molecule has 2 aliphatic rings. The van der Waals surface area contributed by atoms with Crippen molar-refractivity contribution in [2.45, 2.75) is 38.5 Å². The van der Waals surface area contributed by atoms with Crippen LogP contribution in [0.4, 0.5) is 0 Å². The van der Waals surface area contributed by atoms with Crippen LogP contribution in [0.25, 0.3) is 0 Å². The van der Waals surface area contributed by atoms with E-state index in [1.165, 1.54) is 5.56 Å². The molecule has 1 saturated carbocycles. The number of rotatable bonds is 5. The number of benzene rings is 1. The molecule has 0 unspecified atom stereocenters. The molecule has 0 spiro atoms. The first-order chi connectivity index (χ1) is 14.3. The summed E-state index contributed by atoms with van der Waals surface area (Å²) in [4.78, 5) is 15.6. The average Bonchev–Trinajstić information content (AvgIpc) is 3.34. The summed E-state index contributed by atoms with van der Waals surface area (Å²) in [7, 11) is 0. The Morgan fingerprint density at radius 3 is 2.55 bits per heavy atom. The lowest BCUT2D eigenvalue weighted by Gasteiger charge is -2.38. The molecule has 5 rings (SSSR count). The molecule has 6 nitrogen and oxygen atoms in total. The summed E-state index contributed by atoms with van der Waals surface area (Å²) < 4.78 is 8.66. The third kappa shape index (κ3) is 3.90. The van der Waals surface area contributed by atoms with Crippen molar-refractivity contribution in [1.82, 2.24) is 24.4 Å². The van der Waals surface area contributed by atoms with Gasteiger partial charge in [0.1, 0.15) is 11.9 Å². The number of ether oxygens (including phenoxy) is 1. The molecule has 1 saturated heterocycles. The van der Waals surface area contributed by atoms with Crippen LogP contribution in [0, 0.1) is 18.8 Å². The van der Waals surface area contributed by atoms with E-state index >= 15 is 0 Å². The predicted molar refractivity (Wildman–Crippen MR) is 110 cm³/mol. The van der Waals surface area contributed by atoms with Gasteiger partial charge >= 0.3 is 0 Å². The number of fused-ring (bicyclic) bond motifs is 1. The zero-order valence-electron chi connectivity index (χ0n) is 16.8. The van der Waals surface area contributed by atoms with E-state index < -0.39 is 0 Å². The van der Waals surface area contributed by atoms with Crippen molar-refractivity contribution in [3.8, 4) is 5.88 Å². The molecule has 0 amide bonds. The highest BCUT2D eigenvalue weighted by Crippen LogP contribution is 2.43. The normalized spacial score (nSPS) is 26.9. The largest absolute Gasteiger partial charge is 0.471 e. The van der Waals surface area contributed by atoms with Gasteiger partial charge in [-0.1, -0.05) is 30.3 Å². The molecule has 1 aliphatic carbocycles. The van der Waals surface area contributed by atoms with Crippen LogP contribution in [0.2, 0.25) is 0 Å². The molecule has 3 heterocycles. The highest BCUT2D eigenvalue weighted by molar-refractivity contribution is 5.15. The van der Waals surface area contributed by atoms with Crippen LogP contribution in [0.5, 0.6) is 5.88 Å². The summed E-state index contributed by atoms with van der Waals surface area (Å²) >= 11 is 0. The van der Waals surface area contributed by atoms with Gasteiger partial charge in [0.25, 0.3) is 0 Å². The molecule has 6 heteroatoms. The Labute approximate surface area is 171 Å². The van der Waals surface area contributed by atoms with Crippen molar-refractivity contribution in [1.29, 1.82) is 0 Å². The van der Waals surface area contributed by atoms with Gasteiger partial charge in [0, 0.05) is 44.4 Å². The van der Waals surface area contributed by atoms with Gasteiger partial charge in [0.2, 0.25) is 5.88 Å². The van der Waals surface area contributed by atoms with Crippen molar-refractivity contribution in [3.05, 3.63) is 72.7 Å². The maximum Gasteiger partial charge on any atom is 0.232 e. The monoisotopic (exact) mass is 389 g/mol. The standard InChI is InChI=1S/C23H27N5O/c1-17-25-9-10-28(17)21-11-19-15-27(14-18-5-3-2-4-6-18)16-20(19)12-22(21)29-23-13-24-7-8-26-23/h2-10,13,19-22H,11-12,14-16H2,1H3/t19-,20+,21-,22-/m0/s1. The van der Waals surface area contributed by atoms with Crippen LogP contribution >= 0.6 is 0 Å². The van der Waals surface area contributed by atoms with Crippen molar-refractivity contribution in [3.63, 3.8) is 0 Å². The van der Waals surface area contributed by atoms with E-state index in [0.29, 0.717) is 17.7 Å². The second-order valence-electron chi connectivity index (χ2n) is 8.32. The summed E-state index contributed by atoms with van der Waals surface area (Å²) in [5.74, 6) is 2.99. The molecule has 0 N–H and O–H groups in total. The Hall–Kier alpha value is -2.73. The molecular weight excluding hydrogens is 362 g/mol. The van der Waals surface area contributed by atoms with E-state index in [2.05, 4.69) is 67.9 Å². The van der Waals surface area contributed by atoms with Gasteiger partial charge in [-0.3, -0.25) is 9.88 Å². The van der Waals surface area contributed by atoms with Crippen LogP contribution < -0.4 is 4.74 Å². The minimum atomic E-state index is 0.0810. The number of aromatic nitrogens is 4. The molecule has 2 fully saturated rings. The molecule has 1 aromatic carbocycles. The highest BCUT2D eigenvalue weighted by atomic mass is 16.5. The smallest absolute Gasteiger partial charge is 0.232 e. The Bertz CT molecular complexity index is 929. The lowest BCUT2D eigenvalue weighted by atomic mass is 9.77. The van der Waals surface area contributed by atoms with Gasteiger partial charge in [0.05, 0.1) is 12.2 Å². The fourth-order valence-corrected chi connectivity index (χ4v) is 5.12. The lowest BCUT2D eigenvalue weighted by Crippen LogP contribution is -2.40. The number of hydrogen-bond acceptors (Lipinski definition) is 5. The minimum absolute atomic E-state index is 0.0810. The fraction of sp³-hybridized carbons (Fsp3) is 0.435. The van der Waals surface area contributed by atoms with Gasteiger partial charge in [-0.05, 0) is 37.2 Å². The molecule has 3 aromatic rings. The van der Waals surface area contributed by atoms with E-state index in [9.17, 15) is 0 Å². The topological polar surface area (TPSA) is 56.1 Å². The van der Waals surface area contributed by atoms with Crippen molar-refractivity contribution in [2.75, 3.05) is 13.1 Å². The zero-order valence-corrected chi connectivity index (χ0v) is 16.8. The fourth-order valence-electron chi connectivity index (χ4n) is 5.12. The minimum Gasteiger partial charge on any atom is -0.471 e. The summed E-state index contributed by atoms with van der Waals surface area (Å²) in [5.41, 5.74) is 1.39. The van der Waals surface area contributed by atoms with Gasteiger partial charge in [-0.2, -0.15) is 0 Å². The van der Waals surface area contributed by atoms with Gasteiger partial charge < -0.3 is 9.30 Å². The molecule has 4 atom stereocenters. The van der Waals surface area contributed by atoms with Crippen molar-refractivity contribution in [2.24, 2.45) is 11.8 Å². The molecule has 0 radical (unpaired) electrons. The number of imidazole rings is 1. The first-order valence-electron chi connectivity index (χ1n) is 10.4. The molecule has 150 valence electrons. The summed E-state index contributed by atoms with van der Waals surface area (Å²) in [6, 6.07) is 11.1. The third-order valence-corrected chi connectivity index (χ3v) is 6.44. The van der Waals surface area contributed by atoms with Crippen LogP contribution in [0.15, 0.2) is 61.3 Å². The third-order valence-electron chi connectivity index (χ3n) is 6.44. The van der Waals surface area contributed by atoms with Gasteiger partial charge in [0.15, 0.2) is 0 Å². The molecular formula is C23H27N5O. The number of hydrogen-bond donors (Lipinski definition) is 0. The molecule has 29 heavy (non-hydrogen) atoms. The molecule has 2 aromatic heterocycles. The highest BCUT2D eigenvalue weighted by Gasteiger charge is 2.44. The summed E-state index contributed by atoms with van der Waals surface area (Å²) in [6.07, 6.45) is 11.3. The maximum absolute atomic E-state index is 6.37. The van der Waals surface area contributed by atoms with Crippen LogP contribution in [0.3, 0.4) is 0 Å². The summed E-state index contributed by atoms with van der Waals surface area (Å²) in [5, 5.41) is 0. The predicted octanol–water partition coefficient (Wildman–Crippen LogP) is 3.51. The molecule has 0 bridgehead atoms. The quantitative estimate of drug-likeness (QED) is 0.668. The van der Waals surface area contributed by atoms with Crippen LogP contribution in [0.1, 0.15) is 30.3 Å². The van der Waals surface area contributed by atoms with E-state index in [4.69, 9.17) is 4.74 Å². The Morgan fingerprint density at radius 2 is 1.83 bits per heavy atom. The van der Waals surface area contributed by atoms with Crippen molar-refractivity contribution >= 4 is 0 Å². The van der Waals surface area contributed by atoms with Crippen molar-refractivity contribution < 1.29 is 4.74 Å². The summed E-state index contributed by atoms with van der Waals surface area (Å²) in [6.45, 7) is 5.39. The van der Waals surface area contributed by atoms with Gasteiger partial charge in [-0.15, -0.1) is 0 Å². The number of nitrogens with zero attached hydrogens (tertiary/aromatic N) is 5. The second-order valence-corrected chi connectivity index (χ2v) is 8.32. The SMILES string of the molecule is Cc1nccn1[C@H]1C[C@H]2CN(Cc3ccccc3)C[C@H]2C[C@@H]1Oc1cnccn1.